The maximum atomic E-state index is 11.9. The quantitative estimate of drug-likeness (QED) is 0.778. The number of carbonyl (C=O) groups is 1. The molecule has 1 aromatic rings. The Bertz CT molecular complexity index is 475. The Morgan fingerprint density at radius 1 is 1.47 bits per heavy atom. The summed E-state index contributed by atoms with van der Waals surface area (Å²) in [5.74, 6) is -0.0434. The summed E-state index contributed by atoms with van der Waals surface area (Å²) in [6.07, 6.45) is 0. The number of carbonyl (C=O) groups excluding carboxylic acids is 1. The molecule has 0 radical (unpaired) electrons. The molecular weight excluding hydrogens is 262 g/mol. The van der Waals surface area contributed by atoms with Crippen molar-refractivity contribution in [3.63, 3.8) is 0 Å². The fourth-order valence-electron chi connectivity index (χ4n) is 2.11. The lowest BCUT2D eigenvalue weighted by atomic mass is 10.1. The molecule has 2 rings (SSSR count). The van der Waals surface area contributed by atoms with E-state index in [9.17, 15) is 4.79 Å². The van der Waals surface area contributed by atoms with Crippen LogP contribution in [0.1, 0.15) is 5.56 Å². The zero-order valence-corrected chi connectivity index (χ0v) is 11.6. The van der Waals surface area contributed by atoms with Gasteiger partial charge in [0.05, 0.1) is 13.2 Å². The van der Waals surface area contributed by atoms with E-state index in [0.29, 0.717) is 24.7 Å². The highest BCUT2D eigenvalue weighted by molar-refractivity contribution is 7.80. The Labute approximate surface area is 117 Å². The van der Waals surface area contributed by atoms with Crippen molar-refractivity contribution < 1.29 is 9.53 Å². The first kappa shape index (κ1) is 13.8. The molecule has 1 heterocycles. The van der Waals surface area contributed by atoms with E-state index in [-0.39, 0.29) is 11.9 Å². The molecule has 5 nitrogen and oxygen atoms in total. The van der Waals surface area contributed by atoms with Gasteiger partial charge in [0.2, 0.25) is 5.91 Å². The average Bonchev–Trinajstić information content (AvgIpc) is 2.46. The molecule has 1 aromatic carbocycles. The lowest BCUT2D eigenvalue weighted by Crippen LogP contribution is -2.53. The minimum absolute atomic E-state index is 0.0434. The maximum Gasteiger partial charge on any atom is 0.244 e. The van der Waals surface area contributed by atoms with Crippen LogP contribution >= 0.6 is 12.2 Å². The Kier molecular flexibility index (Phi) is 4.34. The van der Waals surface area contributed by atoms with Crippen LogP contribution < -0.4 is 16.0 Å². The van der Waals surface area contributed by atoms with Crippen molar-refractivity contribution >= 4 is 28.8 Å². The number of rotatable bonds is 3. The Morgan fingerprint density at radius 3 is 2.74 bits per heavy atom. The number of anilines is 1. The van der Waals surface area contributed by atoms with Crippen LogP contribution in [0.4, 0.5) is 5.69 Å². The van der Waals surface area contributed by atoms with Crippen molar-refractivity contribution in [2.24, 2.45) is 5.73 Å². The highest BCUT2D eigenvalue weighted by Crippen LogP contribution is 2.20. The number of nitrogens with zero attached hydrogens (tertiary/aromatic N) is 1. The van der Waals surface area contributed by atoms with E-state index in [0.717, 1.165) is 11.3 Å². The van der Waals surface area contributed by atoms with Gasteiger partial charge in [0.1, 0.15) is 11.0 Å². The Hall–Kier alpha value is -1.66. The van der Waals surface area contributed by atoms with Gasteiger partial charge in [0, 0.05) is 24.8 Å². The minimum atomic E-state index is -0.297. The fraction of sp³-hybridized carbons (Fsp3) is 0.385. The molecular formula is C13H17N3O2S. The van der Waals surface area contributed by atoms with Gasteiger partial charge in [-0.15, -0.1) is 0 Å². The van der Waals surface area contributed by atoms with Crippen LogP contribution in [-0.2, 0) is 9.53 Å². The summed E-state index contributed by atoms with van der Waals surface area (Å²) in [6.45, 7) is 1.70. The van der Waals surface area contributed by atoms with E-state index in [1.54, 1.807) is 7.05 Å². The smallest absolute Gasteiger partial charge is 0.244 e. The third kappa shape index (κ3) is 3.02. The van der Waals surface area contributed by atoms with Gasteiger partial charge in [-0.1, -0.05) is 12.2 Å². The first-order chi connectivity index (χ1) is 9.13. The van der Waals surface area contributed by atoms with Crippen LogP contribution in [0.2, 0.25) is 0 Å². The van der Waals surface area contributed by atoms with Crippen LogP contribution in [0.25, 0.3) is 0 Å². The highest BCUT2D eigenvalue weighted by atomic mass is 32.1. The van der Waals surface area contributed by atoms with Crippen molar-refractivity contribution in [1.29, 1.82) is 0 Å². The third-order valence-corrected chi connectivity index (χ3v) is 3.40. The van der Waals surface area contributed by atoms with E-state index in [1.807, 2.05) is 29.2 Å². The van der Waals surface area contributed by atoms with E-state index in [4.69, 9.17) is 22.7 Å². The number of nitrogens with one attached hydrogen (secondary N) is 1. The molecule has 1 amide bonds. The van der Waals surface area contributed by atoms with Crippen LogP contribution in [0, 0.1) is 0 Å². The van der Waals surface area contributed by atoms with Gasteiger partial charge in [0.25, 0.3) is 0 Å². The molecule has 1 aliphatic heterocycles. The molecule has 0 aromatic heterocycles. The SMILES string of the molecule is CNC(=O)C1COCCN1c1ccc(C(N)=S)cc1. The number of benzene rings is 1. The lowest BCUT2D eigenvalue weighted by Gasteiger charge is -2.36. The van der Waals surface area contributed by atoms with Gasteiger partial charge in [-0.2, -0.15) is 0 Å². The Balaban J connectivity index is 2.22. The van der Waals surface area contributed by atoms with Crippen molar-refractivity contribution in [1.82, 2.24) is 5.32 Å². The summed E-state index contributed by atoms with van der Waals surface area (Å²) in [7, 11) is 1.63. The monoisotopic (exact) mass is 279 g/mol. The van der Waals surface area contributed by atoms with Crippen molar-refractivity contribution in [2.45, 2.75) is 6.04 Å². The molecule has 0 saturated carbocycles. The molecule has 19 heavy (non-hydrogen) atoms. The van der Waals surface area contributed by atoms with E-state index < -0.39 is 0 Å². The number of likely N-dealkylation sites (N-methyl/N-ethyl adjacent to an activating group) is 1. The Morgan fingerprint density at radius 2 is 2.16 bits per heavy atom. The van der Waals surface area contributed by atoms with Gasteiger partial charge < -0.3 is 20.7 Å². The third-order valence-electron chi connectivity index (χ3n) is 3.16. The first-order valence-electron chi connectivity index (χ1n) is 6.09. The second-order valence-corrected chi connectivity index (χ2v) is 4.75. The number of hydrogen-bond donors (Lipinski definition) is 2. The molecule has 1 aliphatic rings. The number of amides is 1. The van der Waals surface area contributed by atoms with E-state index >= 15 is 0 Å². The van der Waals surface area contributed by atoms with Gasteiger partial charge >= 0.3 is 0 Å². The summed E-state index contributed by atoms with van der Waals surface area (Å²) in [5.41, 5.74) is 7.37. The highest BCUT2D eigenvalue weighted by Gasteiger charge is 2.28. The van der Waals surface area contributed by atoms with Gasteiger partial charge in [-0.3, -0.25) is 4.79 Å². The van der Waals surface area contributed by atoms with E-state index in [1.165, 1.54) is 0 Å². The number of thiocarbonyl (C=S) groups is 1. The molecule has 102 valence electrons. The summed E-state index contributed by atoms with van der Waals surface area (Å²) in [5, 5.41) is 2.66. The summed E-state index contributed by atoms with van der Waals surface area (Å²) < 4.78 is 5.38. The van der Waals surface area contributed by atoms with Crippen molar-refractivity contribution in [3.8, 4) is 0 Å². The number of hydrogen-bond acceptors (Lipinski definition) is 4. The number of nitrogens with two attached hydrogens (primary N) is 1. The summed E-state index contributed by atoms with van der Waals surface area (Å²) in [4.78, 5) is 14.3. The largest absolute Gasteiger partial charge is 0.389 e. The molecule has 0 bridgehead atoms. The van der Waals surface area contributed by atoms with Gasteiger partial charge in [0.15, 0.2) is 0 Å². The summed E-state index contributed by atoms with van der Waals surface area (Å²) >= 11 is 4.93. The summed E-state index contributed by atoms with van der Waals surface area (Å²) in [6, 6.07) is 7.29. The maximum absolute atomic E-state index is 11.9. The topological polar surface area (TPSA) is 67.6 Å². The molecule has 0 spiro atoms. The average molecular weight is 279 g/mol. The minimum Gasteiger partial charge on any atom is -0.389 e. The van der Waals surface area contributed by atoms with Gasteiger partial charge in [-0.05, 0) is 24.3 Å². The molecule has 1 atom stereocenters. The second-order valence-electron chi connectivity index (χ2n) is 4.31. The second kappa shape index (κ2) is 5.99. The van der Waals surface area contributed by atoms with Crippen LogP contribution in [-0.4, -0.2) is 43.7 Å². The zero-order valence-electron chi connectivity index (χ0n) is 10.8. The fourth-order valence-corrected chi connectivity index (χ4v) is 2.25. The molecule has 0 aliphatic carbocycles. The predicted molar refractivity (Wildman–Crippen MR) is 78.3 cm³/mol. The van der Waals surface area contributed by atoms with Crippen LogP contribution in [0.15, 0.2) is 24.3 Å². The zero-order chi connectivity index (χ0) is 13.8. The number of ether oxygens (including phenoxy) is 1. The first-order valence-corrected chi connectivity index (χ1v) is 6.50. The molecule has 1 saturated heterocycles. The molecule has 6 heteroatoms. The molecule has 3 N–H and O–H groups in total. The number of morpholine rings is 1. The lowest BCUT2D eigenvalue weighted by molar-refractivity contribution is -0.124. The molecule has 1 fully saturated rings. The molecule has 1 unspecified atom stereocenters. The van der Waals surface area contributed by atoms with Crippen molar-refractivity contribution in [2.75, 3.05) is 31.7 Å². The predicted octanol–water partition coefficient (Wildman–Crippen LogP) is 0.272. The van der Waals surface area contributed by atoms with Crippen molar-refractivity contribution in [3.05, 3.63) is 29.8 Å². The van der Waals surface area contributed by atoms with Crippen LogP contribution in [0.5, 0.6) is 0 Å². The van der Waals surface area contributed by atoms with Crippen LogP contribution in [0.3, 0.4) is 0 Å². The normalized spacial score (nSPS) is 19.0. The standard InChI is InChI=1S/C13H17N3O2S/c1-15-13(17)11-8-18-7-6-16(11)10-4-2-9(3-5-10)12(14)19/h2-5,11H,6-8H2,1H3,(H2,14,19)(H,15,17). The van der Waals surface area contributed by atoms with E-state index in [2.05, 4.69) is 5.32 Å². The van der Waals surface area contributed by atoms with Gasteiger partial charge in [-0.25, -0.2) is 0 Å².